The van der Waals surface area contributed by atoms with Crippen LogP contribution < -0.4 is 16.5 Å². The van der Waals surface area contributed by atoms with Crippen LogP contribution in [-0.2, 0) is 9.59 Å². The van der Waals surface area contributed by atoms with Gasteiger partial charge in [-0.2, -0.15) is 0 Å². The number of aliphatic carboxylic acids is 1. The van der Waals surface area contributed by atoms with Gasteiger partial charge in [-0.3, -0.25) is 10.2 Å². The molecule has 0 aromatic heterocycles. The van der Waals surface area contributed by atoms with E-state index in [4.69, 9.17) is 10.8 Å². The number of hydrogen-bond donors (Lipinski definition) is 4. The number of primary amides is 1. The second kappa shape index (κ2) is 7.57. The molecule has 0 radical (unpaired) electrons. The van der Waals surface area contributed by atoms with Crippen LogP contribution in [0.5, 0.6) is 0 Å². The van der Waals surface area contributed by atoms with Crippen LogP contribution in [0, 0.1) is 0 Å². The Balaban J connectivity index is 2.37. The van der Waals surface area contributed by atoms with Crippen LogP contribution in [0.1, 0.15) is 32.1 Å². The molecular weight excluding hydrogens is 252 g/mol. The lowest BCUT2D eigenvalue weighted by Gasteiger charge is -2.27. The minimum Gasteiger partial charge on any atom is -0.480 e. The first-order chi connectivity index (χ1) is 8.99. The van der Waals surface area contributed by atoms with Crippen molar-refractivity contribution in [3.05, 3.63) is 0 Å². The summed E-state index contributed by atoms with van der Waals surface area (Å²) in [4.78, 5) is 33.2. The minimum atomic E-state index is -1.19. The van der Waals surface area contributed by atoms with E-state index >= 15 is 0 Å². The van der Waals surface area contributed by atoms with Crippen molar-refractivity contribution in [1.82, 2.24) is 15.8 Å². The number of carbonyl (C=O) groups is 3. The highest BCUT2D eigenvalue weighted by Crippen LogP contribution is 2.05. The number of nitrogens with two attached hydrogens (primary N) is 1. The standard InChI is InChI=1S/C11H20N4O4/c12-9(16)5-4-8(10(17)18)13-11(19)14-15-6-2-1-3-7-15/h8H,1-7H2,(H2,12,16)(H,17,18)(H2,13,14,19)/t8-/m1/s1. The van der Waals surface area contributed by atoms with Gasteiger partial charge in [-0.1, -0.05) is 6.42 Å². The van der Waals surface area contributed by atoms with E-state index in [1.54, 1.807) is 5.01 Å². The molecule has 19 heavy (non-hydrogen) atoms. The van der Waals surface area contributed by atoms with Crippen LogP contribution in [0.3, 0.4) is 0 Å². The average Bonchev–Trinajstić information content (AvgIpc) is 2.35. The maximum absolute atomic E-state index is 11.6. The molecule has 0 aliphatic carbocycles. The molecule has 1 heterocycles. The smallest absolute Gasteiger partial charge is 0.330 e. The Hall–Kier alpha value is -1.83. The van der Waals surface area contributed by atoms with Gasteiger partial charge in [-0.25, -0.2) is 14.6 Å². The minimum absolute atomic E-state index is 0.0158. The molecular formula is C11H20N4O4. The van der Waals surface area contributed by atoms with Gasteiger partial charge in [0.2, 0.25) is 5.91 Å². The van der Waals surface area contributed by atoms with E-state index in [0.717, 1.165) is 32.4 Å². The van der Waals surface area contributed by atoms with Crippen LogP contribution in [0.15, 0.2) is 0 Å². The summed E-state index contributed by atoms with van der Waals surface area (Å²) in [7, 11) is 0. The lowest BCUT2D eigenvalue weighted by atomic mass is 10.1. The zero-order chi connectivity index (χ0) is 14.3. The Bertz CT molecular complexity index is 342. The number of amides is 3. The number of nitrogens with zero attached hydrogens (tertiary/aromatic N) is 1. The second-order valence-corrected chi connectivity index (χ2v) is 4.53. The summed E-state index contributed by atoms with van der Waals surface area (Å²) in [5.41, 5.74) is 7.55. The molecule has 8 heteroatoms. The zero-order valence-corrected chi connectivity index (χ0v) is 10.7. The molecule has 0 saturated carbocycles. The molecule has 0 aromatic rings. The predicted molar refractivity (Wildman–Crippen MR) is 66.9 cm³/mol. The number of hydrogen-bond acceptors (Lipinski definition) is 4. The first-order valence-corrected chi connectivity index (χ1v) is 6.32. The Morgan fingerprint density at radius 3 is 2.37 bits per heavy atom. The van der Waals surface area contributed by atoms with E-state index in [0.29, 0.717) is 0 Å². The van der Waals surface area contributed by atoms with Crippen molar-refractivity contribution < 1.29 is 19.5 Å². The number of carboxylic acids is 1. The largest absolute Gasteiger partial charge is 0.480 e. The Morgan fingerprint density at radius 1 is 1.21 bits per heavy atom. The maximum atomic E-state index is 11.6. The Morgan fingerprint density at radius 2 is 1.84 bits per heavy atom. The number of piperidine rings is 1. The topological polar surface area (TPSA) is 125 Å². The summed E-state index contributed by atoms with van der Waals surface area (Å²) in [6, 6.07) is -1.68. The molecule has 1 atom stereocenters. The van der Waals surface area contributed by atoms with Crippen LogP contribution in [0.4, 0.5) is 4.79 Å². The normalized spacial score (nSPS) is 17.5. The third kappa shape index (κ3) is 6.05. The highest BCUT2D eigenvalue weighted by molar-refractivity contribution is 5.83. The fourth-order valence-corrected chi connectivity index (χ4v) is 1.88. The van der Waals surface area contributed by atoms with Crippen LogP contribution in [0.2, 0.25) is 0 Å². The Labute approximate surface area is 111 Å². The molecule has 1 saturated heterocycles. The molecule has 108 valence electrons. The van der Waals surface area contributed by atoms with E-state index in [2.05, 4.69) is 10.7 Å². The van der Waals surface area contributed by atoms with E-state index in [1.807, 2.05) is 0 Å². The molecule has 1 aliphatic rings. The van der Waals surface area contributed by atoms with Crippen molar-refractivity contribution >= 4 is 17.9 Å². The molecule has 1 fully saturated rings. The molecule has 5 N–H and O–H groups in total. The summed E-state index contributed by atoms with van der Waals surface area (Å²) in [5.74, 6) is -1.78. The number of urea groups is 1. The van der Waals surface area contributed by atoms with Crippen molar-refractivity contribution in [2.24, 2.45) is 5.73 Å². The summed E-state index contributed by atoms with van der Waals surface area (Å²) in [5, 5.41) is 13.0. The van der Waals surface area contributed by atoms with E-state index in [-0.39, 0.29) is 12.8 Å². The third-order valence-electron chi connectivity index (χ3n) is 2.90. The van der Waals surface area contributed by atoms with E-state index in [9.17, 15) is 14.4 Å². The van der Waals surface area contributed by atoms with Crippen LogP contribution in [-0.4, -0.2) is 47.2 Å². The number of nitrogens with one attached hydrogen (secondary N) is 2. The second-order valence-electron chi connectivity index (χ2n) is 4.53. The molecule has 1 aliphatic heterocycles. The first-order valence-electron chi connectivity index (χ1n) is 6.32. The van der Waals surface area contributed by atoms with E-state index < -0.39 is 23.9 Å². The van der Waals surface area contributed by atoms with Crippen LogP contribution in [0.25, 0.3) is 0 Å². The number of rotatable bonds is 6. The summed E-state index contributed by atoms with van der Waals surface area (Å²) in [6.45, 7) is 1.51. The number of carboxylic acid groups (broad SMARTS) is 1. The van der Waals surface area contributed by atoms with Gasteiger partial charge in [-0.05, 0) is 19.3 Å². The summed E-state index contributed by atoms with van der Waals surface area (Å²) < 4.78 is 0. The van der Waals surface area contributed by atoms with Crippen molar-refractivity contribution in [2.75, 3.05) is 13.1 Å². The fourth-order valence-electron chi connectivity index (χ4n) is 1.88. The van der Waals surface area contributed by atoms with Crippen molar-refractivity contribution in [1.29, 1.82) is 0 Å². The molecule has 0 bridgehead atoms. The molecule has 0 spiro atoms. The third-order valence-corrected chi connectivity index (χ3v) is 2.90. The van der Waals surface area contributed by atoms with Gasteiger partial charge in [0.1, 0.15) is 6.04 Å². The van der Waals surface area contributed by atoms with Gasteiger partial charge in [0.05, 0.1) is 0 Å². The summed E-state index contributed by atoms with van der Waals surface area (Å²) >= 11 is 0. The monoisotopic (exact) mass is 272 g/mol. The van der Waals surface area contributed by atoms with Crippen molar-refractivity contribution in [3.63, 3.8) is 0 Å². The molecule has 0 unspecified atom stereocenters. The molecule has 8 nitrogen and oxygen atoms in total. The fraction of sp³-hybridized carbons (Fsp3) is 0.727. The van der Waals surface area contributed by atoms with Gasteiger partial charge in [0, 0.05) is 19.5 Å². The van der Waals surface area contributed by atoms with Gasteiger partial charge in [0.15, 0.2) is 0 Å². The van der Waals surface area contributed by atoms with Crippen molar-refractivity contribution in [2.45, 2.75) is 38.1 Å². The average molecular weight is 272 g/mol. The lowest BCUT2D eigenvalue weighted by Crippen LogP contribution is -2.53. The SMILES string of the molecule is NC(=O)CC[C@@H](NC(=O)NN1CCCCC1)C(=O)O. The first kappa shape index (κ1) is 15.2. The molecule has 1 rings (SSSR count). The highest BCUT2D eigenvalue weighted by Gasteiger charge is 2.21. The van der Waals surface area contributed by atoms with Gasteiger partial charge < -0.3 is 16.2 Å². The van der Waals surface area contributed by atoms with Gasteiger partial charge in [-0.15, -0.1) is 0 Å². The quantitative estimate of drug-likeness (QED) is 0.514. The zero-order valence-electron chi connectivity index (χ0n) is 10.7. The van der Waals surface area contributed by atoms with Crippen LogP contribution >= 0.6 is 0 Å². The number of carbonyl (C=O) groups excluding carboxylic acids is 2. The lowest BCUT2D eigenvalue weighted by molar-refractivity contribution is -0.139. The molecule has 0 aromatic carbocycles. The van der Waals surface area contributed by atoms with Crippen molar-refractivity contribution in [3.8, 4) is 0 Å². The van der Waals surface area contributed by atoms with Gasteiger partial charge in [0.25, 0.3) is 0 Å². The van der Waals surface area contributed by atoms with Gasteiger partial charge >= 0.3 is 12.0 Å². The Kier molecular flexibility index (Phi) is 6.07. The highest BCUT2D eigenvalue weighted by atomic mass is 16.4. The predicted octanol–water partition coefficient (Wildman–Crippen LogP) is -0.595. The van der Waals surface area contributed by atoms with E-state index in [1.165, 1.54) is 0 Å². The molecule has 3 amide bonds. The maximum Gasteiger partial charge on any atom is 0.330 e. The summed E-state index contributed by atoms with van der Waals surface area (Å²) in [6.07, 6.45) is 3.05. The number of hydrazine groups is 1.